The molecule has 0 bridgehead atoms. The third-order valence-electron chi connectivity index (χ3n) is 11.8. The molecule has 0 fully saturated rings. The van der Waals surface area contributed by atoms with Crippen molar-refractivity contribution in [1.82, 2.24) is 45.5 Å². The van der Waals surface area contributed by atoms with Gasteiger partial charge in [0, 0.05) is 60.5 Å². The zero-order valence-electron chi connectivity index (χ0n) is 39.4. The molecule has 16 heteroatoms. The predicted octanol–water partition coefficient (Wildman–Crippen LogP) is 8.14. The second kappa shape index (κ2) is 19.8. The maximum absolute atomic E-state index is 13.0. The van der Waals surface area contributed by atoms with E-state index in [1.165, 1.54) is 12.1 Å². The second-order valence-corrected chi connectivity index (χ2v) is 17.4. The van der Waals surface area contributed by atoms with Crippen molar-refractivity contribution in [3.05, 3.63) is 166 Å². The largest absolute Gasteiger partial charge is 0.478 e. The average molecular weight is 898 g/mol. The Labute approximate surface area is 390 Å². The lowest BCUT2D eigenvalue weighted by atomic mass is 9.85. The number of carboxylic acid groups (broad SMARTS) is 1. The molecule has 1 aliphatic rings. The highest BCUT2D eigenvalue weighted by Gasteiger charge is 2.23. The molecule has 67 heavy (non-hydrogen) atoms. The van der Waals surface area contributed by atoms with Crippen LogP contribution in [0.25, 0.3) is 22.6 Å². The summed E-state index contributed by atoms with van der Waals surface area (Å²) < 4.78 is 5.39. The number of rotatable bonds is 10. The molecular weight excluding hydrogens is 843 g/mol. The van der Waals surface area contributed by atoms with E-state index < -0.39 is 16.8 Å². The second-order valence-electron chi connectivity index (χ2n) is 17.4. The van der Waals surface area contributed by atoms with Gasteiger partial charge in [-0.05, 0) is 120 Å². The molecule has 0 atom stereocenters. The van der Waals surface area contributed by atoms with Crippen LogP contribution in [0.5, 0.6) is 0 Å². The minimum atomic E-state index is -0.972. The molecule has 4 aromatic carbocycles. The summed E-state index contributed by atoms with van der Waals surface area (Å²) in [7, 11) is 3.83. The molecular formula is C51H55N13O3. The highest BCUT2D eigenvalue weighted by Crippen LogP contribution is 2.28. The number of carbonyl (C=O) groups is 2. The Morgan fingerprint density at radius 1 is 0.746 bits per heavy atom. The molecule has 1 aliphatic heterocycles. The Kier molecular flexibility index (Phi) is 14.2. The fourth-order valence-corrected chi connectivity index (χ4v) is 7.04. The number of aryl methyl sites for hydroxylation is 4. The van der Waals surface area contributed by atoms with Gasteiger partial charge in [-0.25, -0.2) is 9.48 Å². The number of anilines is 2. The van der Waals surface area contributed by atoms with Crippen LogP contribution in [-0.2, 0) is 31.3 Å². The van der Waals surface area contributed by atoms with E-state index in [2.05, 4.69) is 50.5 Å². The fourth-order valence-electron chi connectivity index (χ4n) is 7.04. The fraction of sp³-hybridized carbons (Fsp3) is 0.255. The van der Waals surface area contributed by atoms with E-state index in [4.69, 9.17) is 16.1 Å². The summed E-state index contributed by atoms with van der Waals surface area (Å²) in [6.45, 7) is 15.3. The summed E-state index contributed by atoms with van der Waals surface area (Å²) in [5.74, 6) is -0.966. The molecule has 0 radical (unpaired) electrons. The molecule has 0 spiro atoms. The molecule has 8 rings (SSSR count). The standard InChI is InChI=1S/C26H26N6O.C14H18N6.C11H11NO2/c1-17-9-10-19(12-25(33)20-7-6-8-21(13-20)26(3,4)16-27)11-24(17)32-15-23(29-30-32)22-14-28-31(5)18(22)2;1-9-4-5-11(15)6-14(9)20-8-13(17-18-20)12-7-16-19(3)10(12)2;1-11(2,7-12)9-5-3-4-8(6-9)10(13)14/h6-11,13-15H,12H2,1-5H3;4-8,17-18H,15H2,1-3H3;3-6H,1-2H3,(H,13,14). The van der Waals surface area contributed by atoms with Crippen LogP contribution in [0.2, 0.25) is 0 Å². The highest BCUT2D eigenvalue weighted by molar-refractivity contribution is 5.97. The third-order valence-corrected chi connectivity index (χ3v) is 11.8. The molecule has 16 nitrogen and oxygen atoms in total. The van der Waals surface area contributed by atoms with Crippen LogP contribution < -0.4 is 21.7 Å². The summed E-state index contributed by atoms with van der Waals surface area (Å²) in [6.07, 6.45) is 7.78. The molecule has 7 aromatic rings. The van der Waals surface area contributed by atoms with Crippen molar-refractivity contribution in [2.75, 3.05) is 10.7 Å². The normalized spacial score (nSPS) is 12.1. The number of aromatic nitrogens is 7. The van der Waals surface area contributed by atoms with Gasteiger partial charge in [-0.1, -0.05) is 53.7 Å². The van der Waals surface area contributed by atoms with Crippen molar-refractivity contribution in [3.8, 4) is 29.1 Å². The Balaban J connectivity index is 0.000000184. The SMILES string of the molecule is CC(C)(C#N)c1cccc(C(=O)O)c1.Cc1ccc(CC(=O)c2cccc(C(C)(C)C#N)c2)cc1-n1cc(-c2cnn(C)c2C)nn1.Cc1ccc(N)cc1N1C=C(c2cnn(C)c2C)NN1. The molecule has 0 saturated carbocycles. The van der Waals surface area contributed by atoms with Gasteiger partial charge in [-0.15, -0.1) is 10.6 Å². The number of Topliss-reactive ketones (excluding diaryl/α,β-unsaturated/α-hetero) is 1. The van der Waals surface area contributed by atoms with Crippen LogP contribution in [-0.4, -0.2) is 51.4 Å². The summed E-state index contributed by atoms with van der Waals surface area (Å²) in [5, 5.41) is 46.2. The van der Waals surface area contributed by atoms with Gasteiger partial charge in [-0.2, -0.15) is 20.7 Å². The van der Waals surface area contributed by atoms with E-state index in [-0.39, 0.29) is 17.8 Å². The molecule has 5 N–H and O–H groups in total. The van der Waals surface area contributed by atoms with Crippen LogP contribution in [0.3, 0.4) is 0 Å². The molecule has 0 amide bonds. The minimum absolute atomic E-state index is 0.00524. The molecule has 0 aliphatic carbocycles. The van der Waals surface area contributed by atoms with Gasteiger partial charge in [0.1, 0.15) is 5.69 Å². The molecule has 0 unspecified atom stereocenters. The summed E-state index contributed by atoms with van der Waals surface area (Å²) in [4.78, 5) is 23.7. The van der Waals surface area contributed by atoms with E-state index in [1.54, 1.807) is 47.6 Å². The van der Waals surface area contributed by atoms with Gasteiger partial charge < -0.3 is 16.3 Å². The zero-order valence-corrected chi connectivity index (χ0v) is 39.4. The number of ketones is 1. The Bertz CT molecular complexity index is 3080. The number of benzene rings is 4. The number of hydrogen-bond acceptors (Lipinski definition) is 12. The summed E-state index contributed by atoms with van der Waals surface area (Å²) in [6, 6.07) is 30.0. The highest BCUT2D eigenvalue weighted by atomic mass is 16.4. The lowest BCUT2D eigenvalue weighted by molar-refractivity contribution is 0.0696. The van der Waals surface area contributed by atoms with E-state index in [9.17, 15) is 14.9 Å². The smallest absolute Gasteiger partial charge is 0.335 e. The lowest BCUT2D eigenvalue weighted by Gasteiger charge is -2.17. The number of hydrazine groups is 2. The van der Waals surface area contributed by atoms with Crippen molar-refractivity contribution >= 4 is 28.8 Å². The first kappa shape index (κ1) is 48.1. The zero-order chi connectivity index (χ0) is 48.8. The topological polar surface area (TPSA) is 222 Å². The number of hydrogen-bond donors (Lipinski definition) is 4. The molecule has 342 valence electrons. The predicted molar refractivity (Wildman–Crippen MR) is 258 cm³/mol. The number of carbonyl (C=O) groups excluding carboxylic acids is 1. The van der Waals surface area contributed by atoms with Crippen molar-refractivity contribution in [1.29, 1.82) is 10.5 Å². The number of nitriles is 2. The Hall–Kier alpha value is -8.34. The van der Waals surface area contributed by atoms with Gasteiger partial charge in [-0.3, -0.25) is 19.2 Å². The lowest BCUT2D eigenvalue weighted by Crippen LogP contribution is -2.36. The van der Waals surface area contributed by atoms with Crippen LogP contribution >= 0.6 is 0 Å². The third kappa shape index (κ3) is 11.0. The van der Waals surface area contributed by atoms with Crippen LogP contribution in [0, 0.1) is 50.4 Å². The number of nitrogens with one attached hydrogen (secondary N) is 2. The van der Waals surface area contributed by atoms with Crippen molar-refractivity contribution in [2.24, 2.45) is 14.1 Å². The van der Waals surface area contributed by atoms with E-state index >= 15 is 0 Å². The Morgan fingerprint density at radius 3 is 1.90 bits per heavy atom. The van der Waals surface area contributed by atoms with Gasteiger partial charge in [0.25, 0.3) is 0 Å². The number of nitrogens with two attached hydrogens (primary N) is 1. The van der Waals surface area contributed by atoms with Gasteiger partial charge in [0.15, 0.2) is 5.78 Å². The first-order chi connectivity index (χ1) is 31.7. The van der Waals surface area contributed by atoms with E-state index in [0.717, 1.165) is 78.8 Å². The van der Waals surface area contributed by atoms with Crippen molar-refractivity contribution in [3.63, 3.8) is 0 Å². The summed E-state index contributed by atoms with van der Waals surface area (Å²) in [5.41, 5.74) is 24.8. The van der Waals surface area contributed by atoms with Gasteiger partial charge >= 0.3 is 5.97 Å². The van der Waals surface area contributed by atoms with Crippen LogP contribution in [0.4, 0.5) is 11.4 Å². The maximum atomic E-state index is 13.0. The monoisotopic (exact) mass is 897 g/mol. The molecule has 3 aromatic heterocycles. The van der Waals surface area contributed by atoms with E-state index in [0.29, 0.717) is 5.56 Å². The van der Waals surface area contributed by atoms with Crippen LogP contribution in [0.1, 0.15) is 93.2 Å². The molecule has 0 saturated heterocycles. The Morgan fingerprint density at radius 2 is 1.31 bits per heavy atom. The number of carboxylic acids is 1. The number of aromatic carboxylic acids is 1. The van der Waals surface area contributed by atoms with Crippen molar-refractivity contribution in [2.45, 2.75) is 72.6 Å². The quantitative estimate of drug-likeness (QED) is 0.0753. The van der Waals surface area contributed by atoms with Gasteiger partial charge in [0.05, 0.1) is 64.2 Å². The summed E-state index contributed by atoms with van der Waals surface area (Å²) >= 11 is 0. The number of nitrogens with zero attached hydrogens (tertiary/aromatic N) is 10. The number of nitrogen functional groups attached to an aromatic ring is 1. The average Bonchev–Trinajstić information content (AvgIpc) is 4.14. The first-order valence-electron chi connectivity index (χ1n) is 21.4. The van der Waals surface area contributed by atoms with Crippen molar-refractivity contribution < 1.29 is 14.7 Å². The maximum Gasteiger partial charge on any atom is 0.335 e. The minimum Gasteiger partial charge on any atom is -0.478 e. The van der Waals surface area contributed by atoms with E-state index in [1.807, 2.05) is 132 Å². The first-order valence-corrected chi connectivity index (χ1v) is 21.4. The molecule has 4 heterocycles. The van der Waals surface area contributed by atoms with Gasteiger partial charge in [0.2, 0.25) is 0 Å². The van der Waals surface area contributed by atoms with Crippen LogP contribution in [0.15, 0.2) is 110 Å².